The molecule has 2 atom stereocenters. The molecule has 0 amide bonds. The molecule has 88 valence electrons. The lowest BCUT2D eigenvalue weighted by Gasteiger charge is -2.35. The third-order valence-corrected chi connectivity index (χ3v) is 4.28. The summed E-state index contributed by atoms with van der Waals surface area (Å²) in [6, 6.07) is 0.524. The Morgan fingerprint density at radius 1 is 1.27 bits per heavy atom. The van der Waals surface area contributed by atoms with E-state index in [9.17, 15) is 0 Å². The smallest absolute Gasteiger partial charge is 0.0722 e. The van der Waals surface area contributed by atoms with E-state index in [0.29, 0.717) is 17.6 Å². The highest BCUT2D eigenvalue weighted by atomic mass is 16.5. The van der Waals surface area contributed by atoms with Gasteiger partial charge in [-0.3, -0.25) is 0 Å². The molecular weight excluding hydrogens is 186 g/mol. The lowest BCUT2D eigenvalue weighted by Crippen LogP contribution is -2.40. The second-order valence-corrected chi connectivity index (χ2v) is 5.49. The van der Waals surface area contributed by atoms with E-state index in [2.05, 4.69) is 19.2 Å². The van der Waals surface area contributed by atoms with Crippen molar-refractivity contribution in [1.82, 2.24) is 5.32 Å². The normalized spacial score (nSPS) is 36.4. The molecule has 2 unspecified atom stereocenters. The SMILES string of the molecule is CCC1OCC2(CCCCC2)CNC1C. The number of nitrogens with one attached hydrogen (secondary N) is 1. The fraction of sp³-hybridized carbons (Fsp3) is 1.00. The van der Waals surface area contributed by atoms with Crippen molar-refractivity contribution in [3.8, 4) is 0 Å². The molecule has 1 saturated heterocycles. The topological polar surface area (TPSA) is 21.3 Å². The van der Waals surface area contributed by atoms with Gasteiger partial charge in [0.2, 0.25) is 0 Å². The summed E-state index contributed by atoms with van der Waals surface area (Å²) < 4.78 is 6.10. The van der Waals surface area contributed by atoms with Gasteiger partial charge in [0.1, 0.15) is 0 Å². The minimum atomic E-state index is 0.423. The highest BCUT2D eigenvalue weighted by Gasteiger charge is 2.36. The molecule has 1 saturated carbocycles. The van der Waals surface area contributed by atoms with Crippen molar-refractivity contribution in [2.24, 2.45) is 5.41 Å². The molecule has 0 radical (unpaired) electrons. The van der Waals surface area contributed by atoms with Crippen molar-refractivity contribution < 1.29 is 4.74 Å². The van der Waals surface area contributed by atoms with E-state index < -0.39 is 0 Å². The molecule has 0 aromatic carbocycles. The van der Waals surface area contributed by atoms with Crippen LogP contribution in [0, 0.1) is 5.41 Å². The monoisotopic (exact) mass is 211 g/mol. The maximum absolute atomic E-state index is 6.10. The third kappa shape index (κ3) is 2.54. The highest BCUT2D eigenvalue weighted by molar-refractivity contribution is 4.89. The van der Waals surface area contributed by atoms with Crippen LogP contribution in [0.4, 0.5) is 0 Å². The van der Waals surface area contributed by atoms with Gasteiger partial charge in [-0.2, -0.15) is 0 Å². The molecule has 1 N–H and O–H groups in total. The van der Waals surface area contributed by atoms with Gasteiger partial charge in [-0.25, -0.2) is 0 Å². The van der Waals surface area contributed by atoms with Crippen LogP contribution in [0.1, 0.15) is 52.4 Å². The summed E-state index contributed by atoms with van der Waals surface area (Å²) >= 11 is 0. The first-order valence-electron chi connectivity index (χ1n) is 6.61. The van der Waals surface area contributed by atoms with Gasteiger partial charge in [-0.05, 0) is 26.2 Å². The van der Waals surface area contributed by atoms with Crippen LogP contribution in [0.15, 0.2) is 0 Å². The zero-order valence-electron chi connectivity index (χ0n) is 10.2. The van der Waals surface area contributed by atoms with Crippen LogP contribution in [-0.2, 0) is 4.74 Å². The molecular formula is C13H25NO. The lowest BCUT2D eigenvalue weighted by atomic mass is 9.74. The average Bonchev–Trinajstić information content (AvgIpc) is 2.42. The predicted molar refractivity (Wildman–Crippen MR) is 63.0 cm³/mol. The lowest BCUT2D eigenvalue weighted by molar-refractivity contribution is -0.0105. The summed E-state index contributed by atoms with van der Waals surface area (Å²) in [5.41, 5.74) is 0.469. The van der Waals surface area contributed by atoms with E-state index >= 15 is 0 Å². The fourth-order valence-electron chi connectivity index (χ4n) is 3.08. The molecule has 1 spiro atoms. The average molecular weight is 211 g/mol. The standard InChI is InChI=1S/C13H25NO/c1-3-12-11(2)14-9-13(10-15-12)7-5-4-6-8-13/h11-12,14H,3-10H2,1-2H3. The van der Waals surface area contributed by atoms with Gasteiger partial charge in [-0.1, -0.05) is 26.2 Å². The summed E-state index contributed by atoms with van der Waals surface area (Å²) in [5.74, 6) is 0. The maximum Gasteiger partial charge on any atom is 0.0722 e. The summed E-state index contributed by atoms with van der Waals surface area (Å²) in [4.78, 5) is 0. The Kier molecular flexibility index (Phi) is 3.68. The zero-order valence-corrected chi connectivity index (χ0v) is 10.2. The van der Waals surface area contributed by atoms with Crippen LogP contribution in [0.5, 0.6) is 0 Å². The number of ether oxygens (including phenoxy) is 1. The zero-order chi connectivity index (χ0) is 10.7. The Balaban J connectivity index is 1.98. The van der Waals surface area contributed by atoms with Crippen molar-refractivity contribution in [1.29, 1.82) is 0 Å². The fourth-order valence-corrected chi connectivity index (χ4v) is 3.08. The van der Waals surface area contributed by atoms with Crippen molar-refractivity contribution in [2.75, 3.05) is 13.2 Å². The summed E-state index contributed by atoms with van der Waals surface area (Å²) in [7, 11) is 0. The molecule has 2 aliphatic rings. The second-order valence-electron chi connectivity index (χ2n) is 5.49. The summed E-state index contributed by atoms with van der Waals surface area (Å²) in [5, 5.41) is 3.68. The van der Waals surface area contributed by atoms with E-state index in [-0.39, 0.29) is 0 Å². The molecule has 0 bridgehead atoms. The molecule has 2 fully saturated rings. The van der Waals surface area contributed by atoms with E-state index in [1.54, 1.807) is 0 Å². The largest absolute Gasteiger partial charge is 0.376 e. The number of rotatable bonds is 1. The molecule has 0 aromatic rings. The second kappa shape index (κ2) is 4.84. The van der Waals surface area contributed by atoms with Gasteiger partial charge in [0, 0.05) is 18.0 Å². The molecule has 0 aromatic heterocycles. The van der Waals surface area contributed by atoms with Gasteiger partial charge in [0.25, 0.3) is 0 Å². The van der Waals surface area contributed by atoms with Crippen LogP contribution in [-0.4, -0.2) is 25.3 Å². The summed E-state index contributed by atoms with van der Waals surface area (Å²) in [6.45, 7) is 6.64. The van der Waals surface area contributed by atoms with Crippen LogP contribution < -0.4 is 5.32 Å². The van der Waals surface area contributed by atoms with Gasteiger partial charge < -0.3 is 10.1 Å². The predicted octanol–water partition coefficient (Wildman–Crippen LogP) is 2.72. The van der Waals surface area contributed by atoms with E-state index in [1.165, 1.54) is 38.6 Å². The summed E-state index contributed by atoms with van der Waals surface area (Å²) in [6.07, 6.45) is 8.50. The Bertz CT molecular complexity index is 199. The van der Waals surface area contributed by atoms with Crippen molar-refractivity contribution in [3.05, 3.63) is 0 Å². The molecule has 15 heavy (non-hydrogen) atoms. The van der Waals surface area contributed by atoms with Gasteiger partial charge in [-0.15, -0.1) is 0 Å². The Morgan fingerprint density at radius 2 is 2.00 bits per heavy atom. The molecule has 1 heterocycles. The maximum atomic E-state index is 6.10. The molecule has 2 rings (SSSR count). The van der Waals surface area contributed by atoms with Crippen LogP contribution in [0.25, 0.3) is 0 Å². The van der Waals surface area contributed by atoms with Crippen molar-refractivity contribution in [2.45, 2.75) is 64.5 Å². The minimum Gasteiger partial charge on any atom is -0.376 e. The van der Waals surface area contributed by atoms with Gasteiger partial charge in [0.15, 0.2) is 0 Å². The van der Waals surface area contributed by atoms with Gasteiger partial charge >= 0.3 is 0 Å². The third-order valence-electron chi connectivity index (χ3n) is 4.28. The molecule has 1 aliphatic carbocycles. The number of hydrogen-bond acceptors (Lipinski definition) is 2. The molecule has 1 aliphatic heterocycles. The van der Waals surface area contributed by atoms with E-state index in [4.69, 9.17) is 4.74 Å². The molecule has 2 nitrogen and oxygen atoms in total. The van der Waals surface area contributed by atoms with Crippen molar-refractivity contribution >= 4 is 0 Å². The van der Waals surface area contributed by atoms with E-state index in [1.807, 2.05) is 0 Å². The first-order chi connectivity index (χ1) is 7.26. The molecule has 2 heteroatoms. The van der Waals surface area contributed by atoms with Gasteiger partial charge in [0.05, 0.1) is 12.7 Å². The van der Waals surface area contributed by atoms with Crippen LogP contribution in [0.2, 0.25) is 0 Å². The quantitative estimate of drug-likeness (QED) is 0.720. The van der Waals surface area contributed by atoms with E-state index in [0.717, 1.165) is 13.0 Å². The minimum absolute atomic E-state index is 0.423. The van der Waals surface area contributed by atoms with Crippen LogP contribution >= 0.6 is 0 Å². The first-order valence-corrected chi connectivity index (χ1v) is 6.61. The number of hydrogen-bond donors (Lipinski definition) is 1. The Labute approximate surface area is 93.8 Å². The van der Waals surface area contributed by atoms with Crippen molar-refractivity contribution in [3.63, 3.8) is 0 Å². The first kappa shape index (κ1) is 11.4. The Morgan fingerprint density at radius 3 is 2.67 bits per heavy atom. The highest BCUT2D eigenvalue weighted by Crippen LogP contribution is 2.37. The van der Waals surface area contributed by atoms with Crippen LogP contribution in [0.3, 0.4) is 0 Å². The Hall–Kier alpha value is -0.0800.